The highest BCUT2D eigenvalue weighted by molar-refractivity contribution is 5.86. The van der Waals surface area contributed by atoms with E-state index in [1.807, 2.05) is 0 Å². The average Bonchev–Trinajstić information content (AvgIpc) is 2.09. The summed E-state index contributed by atoms with van der Waals surface area (Å²) in [7, 11) is 0. The first kappa shape index (κ1) is 13.2. The van der Waals surface area contributed by atoms with Gasteiger partial charge in [0.1, 0.15) is 0 Å². The normalized spacial score (nSPS) is 10.3. The average molecular weight is 199 g/mol. The molecule has 0 atom stereocenters. The van der Waals surface area contributed by atoms with E-state index in [0.717, 1.165) is 19.5 Å². The minimum Gasteiger partial charge on any atom is -0.462 e. The third kappa shape index (κ3) is 7.80. The van der Waals surface area contributed by atoms with Crippen LogP contribution in [0.3, 0.4) is 0 Å². The van der Waals surface area contributed by atoms with Gasteiger partial charge in [0.05, 0.1) is 6.61 Å². The lowest BCUT2D eigenvalue weighted by molar-refractivity contribution is -0.139. The maximum absolute atomic E-state index is 10.9. The lowest BCUT2D eigenvalue weighted by atomic mass is 10.2. The Morgan fingerprint density at radius 3 is 2.64 bits per heavy atom. The highest BCUT2D eigenvalue weighted by Gasteiger charge is 2.01. The Hall–Kier alpha value is -0.830. The van der Waals surface area contributed by atoms with Crippen LogP contribution in [0, 0.1) is 5.92 Å². The van der Waals surface area contributed by atoms with Crippen molar-refractivity contribution in [2.45, 2.75) is 27.2 Å². The van der Waals surface area contributed by atoms with Gasteiger partial charge in [0.15, 0.2) is 0 Å². The fraction of sp³-hybridized carbons (Fsp3) is 0.727. The van der Waals surface area contributed by atoms with Crippen LogP contribution in [0.4, 0.5) is 0 Å². The zero-order valence-corrected chi connectivity index (χ0v) is 9.43. The number of esters is 1. The number of hydrogen-bond acceptors (Lipinski definition) is 3. The summed E-state index contributed by atoms with van der Waals surface area (Å²) in [5.41, 5.74) is 0.458. The van der Waals surface area contributed by atoms with Crippen molar-refractivity contribution in [1.82, 2.24) is 5.32 Å². The van der Waals surface area contributed by atoms with Gasteiger partial charge in [0.25, 0.3) is 0 Å². The van der Waals surface area contributed by atoms with Crippen LogP contribution >= 0.6 is 0 Å². The molecule has 0 aliphatic carbocycles. The van der Waals surface area contributed by atoms with Gasteiger partial charge in [0.2, 0.25) is 0 Å². The molecule has 3 nitrogen and oxygen atoms in total. The third-order valence-electron chi connectivity index (χ3n) is 1.63. The van der Waals surface area contributed by atoms with E-state index in [-0.39, 0.29) is 5.97 Å². The third-order valence-corrected chi connectivity index (χ3v) is 1.63. The monoisotopic (exact) mass is 199 g/mol. The van der Waals surface area contributed by atoms with Gasteiger partial charge in [-0.05, 0) is 32.4 Å². The Bertz CT molecular complexity index is 188. The quantitative estimate of drug-likeness (QED) is 0.385. The van der Waals surface area contributed by atoms with Crippen LogP contribution in [0.25, 0.3) is 0 Å². The van der Waals surface area contributed by atoms with Crippen molar-refractivity contribution in [3.8, 4) is 0 Å². The van der Waals surface area contributed by atoms with E-state index < -0.39 is 0 Å². The lowest BCUT2D eigenvalue weighted by Gasteiger charge is -2.07. The molecule has 0 rings (SSSR count). The van der Waals surface area contributed by atoms with Crippen molar-refractivity contribution < 1.29 is 9.53 Å². The molecule has 0 spiro atoms. The van der Waals surface area contributed by atoms with Gasteiger partial charge in [0, 0.05) is 5.57 Å². The predicted molar refractivity (Wildman–Crippen MR) is 58.1 cm³/mol. The van der Waals surface area contributed by atoms with Crippen LogP contribution in [-0.4, -0.2) is 25.7 Å². The minimum absolute atomic E-state index is 0.297. The van der Waals surface area contributed by atoms with Gasteiger partial charge in [-0.25, -0.2) is 4.79 Å². The molecule has 0 aromatic rings. The van der Waals surface area contributed by atoms with Crippen LogP contribution in [0.5, 0.6) is 0 Å². The molecular formula is C11H21NO2. The molecule has 0 saturated carbocycles. The summed E-state index contributed by atoms with van der Waals surface area (Å²) in [6, 6.07) is 0. The minimum atomic E-state index is -0.297. The molecule has 0 aliphatic rings. The first-order valence-electron chi connectivity index (χ1n) is 5.07. The van der Waals surface area contributed by atoms with Crippen LogP contribution in [0.1, 0.15) is 27.2 Å². The summed E-state index contributed by atoms with van der Waals surface area (Å²) >= 11 is 0. The molecule has 3 heteroatoms. The molecule has 1 N–H and O–H groups in total. The van der Waals surface area contributed by atoms with Crippen molar-refractivity contribution in [1.29, 1.82) is 0 Å². The molecule has 0 aromatic heterocycles. The maximum atomic E-state index is 10.9. The van der Waals surface area contributed by atoms with Crippen molar-refractivity contribution in [3.05, 3.63) is 12.2 Å². The molecule has 0 aromatic carbocycles. The summed E-state index contributed by atoms with van der Waals surface area (Å²) in [5, 5.41) is 3.27. The Balaban J connectivity index is 3.22. The van der Waals surface area contributed by atoms with Crippen LogP contribution in [0.2, 0.25) is 0 Å². The van der Waals surface area contributed by atoms with Crippen molar-refractivity contribution >= 4 is 5.97 Å². The van der Waals surface area contributed by atoms with Gasteiger partial charge in [-0.3, -0.25) is 0 Å². The fourth-order valence-electron chi connectivity index (χ4n) is 0.876. The van der Waals surface area contributed by atoms with Gasteiger partial charge >= 0.3 is 5.97 Å². The highest BCUT2D eigenvalue weighted by atomic mass is 16.5. The molecule has 0 aliphatic heterocycles. The van der Waals surface area contributed by atoms with E-state index in [0.29, 0.717) is 18.1 Å². The second kappa shape index (κ2) is 7.56. The second-order valence-electron chi connectivity index (χ2n) is 3.87. The molecular weight excluding hydrogens is 178 g/mol. The molecule has 0 fully saturated rings. The van der Waals surface area contributed by atoms with Crippen molar-refractivity contribution in [2.75, 3.05) is 19.7 Å². The standard InChI is InChI=1S/C11H21NO2/c1-9(2)8-12-6-5-7-14-11(13)10(3)4/h9,12H,3,5-8H2,1-2,4H3. The first-order chi connectivity index (χ1) is 6.54. The summed E-state index contributed by atoms with van der Waals surface area (Å²) in [6.07, 6.45) is 0.853. The summed E-state index contributed by atoms with van der Waals surface area (Å²) in [5.74, 6) is 0.363. The molecule has 0 heterocycles. The van der Waals surface area contributed by atoms with E-state index in [4.69, 9.17) is 4.74 Å². The van der Waals surface area contributed by atoms with Gasteiger partial charge in [-0.15, -0.1) is 0 Å². The maximum Gasteiger partial charge on any atom is 0.333 e. The smallest absolute Gasteiger partial charge is 0.333 e. The van der Waals surface area contributed by atoms with E-state index in [2.05, 4.69) is 25.7 Å². The number of carbonyl (C=O) groups excluding carboxylic acids is 1. The van der Waals surface area contributed by atoms with Crippen molar-refractivity contribution in [3.63, 3.8) is 0 Å². The molecule has 0 bridgehead atoms. The number of nitrogens with one attached hydrogen (secondary N) is 1. The largest absolute Gasteiger partial charge is 0.462 e. The molecule has 0 unspecified atom stereocenters. The zero-order chi connectivity index (χ0) is 11.0. The molecule has 82 valence electrons. The van der Waals surface area contributed by atoms with Crippen LogP contribution < -0.4 is 5.32 Å². The Morgan fingerprint density at radius 1 is 1.50 bits per heavy atom. The Kier molecular flexibility index (Phi) is 7.11. The highest BCUT2D eigenvalue weighted by Crippen LogP contribution is 1.93. The number of ether oxygens (including phenoxy) is 1. The van der Waals surface area contributed by atoms with E-state index in [1.54, 1.807) is 6.92 Å². The first-order valence-corrected chi connectivity index (χ1v) is 5.07. The van der Waals surface area contributed by atoms with Crippen LogP contribution in [-0.2, 0) is 9.53 Å². The van der Waals surface area contributed by atoms with Gasteiger partial charge in [-0.2, -0.15) is 0 Å². The van der Waals surface area contributed by atoms with Crippen molar-refractivity contribution in [2.24, 2.45) is 5.92 Å². The second-order valence-corrected chi connectivity index (χ2v) is 3.87. The molecule has 14 heavy (non-hydrogen) atoms. The van der Waals surface area contributed by atoms with E-state index in [1.165, 1.54) is 0 Å². The summed E-state index contributed by atoms with van der Waals surface area (Å²) < 4.78 is 4.93. The molecule has 0 saturated heterocycles. The SMILES string of the molecule is C=C(C)C(=O)OCCCNCC(C)C. The lowest BCUT2D eigenvalue weighted by Crippen LogP contribution is -2.22. The van der Waals surface area contributed by atoms with Crippen LogP contribution in [0.15, 0.2) is 12.2 Å². The molecule has 0 radical (unpaired) electrons. The number of carbonyl (C=O) groups is 1. The van der Waals surface area contributed by atoms with E-state index >= 15 is 0 Å². The zero-order valence-electron chi connectivity index (χ0n) is 9.43. The number of rotatable bonds is 7. The summed E-state index contributed by atoms with van der Waals surface area (Å²) in [6.45, 7) is 11.8. The number of hydrogen-bond donors (Lipinski definition) is 1. The van der Waals surface area contributed by atoms with Gasteiger partial charge in [-0.1, -0.05) is 20.4 Å². The summed E-state index contributed by atoms with van der Waals surface area (Å²) in [4.78, 5) is 10.9. The fourth-order valence-corrected chi connectivity index (χ4v) is 0.876. The topological polar surface area (TPSA) is 38.3 Å². The Morgan fingerprint density at radius 2 is 2.14 bits per heavy atom. The van der Waals surface area contributed by atoms with Gasteiger partial charge < -0.3 is 10.1 Å². The Labute approximate surface area is 86.5 Å². The van der Waals surface area contributed by atoms with E-state index in [9.17, 15) is 4.79 Å². The predicted octanol–water partition coefficient (Wildman–Crippen LogP) is 1.74. The molecule has 0 amide bonds.